The molecule has 0 saturated carbocycles. The van der Waals surface area contributed by atoms with E-state index in [1.54, 1.807) is 0 Å². The number of hydrogen-bond acceptors (Lipinski definition) is 3. The Hall–Kier alpha value is -1.10. The van der Waals surface area contributed by atoms with Crippen molar-refractivity contribution in [3.63, 3.8) is 0 Å². The highest BCUT2D eigenvalue weighted by Gasteiger charge is 2.23. The van der Waals surface area contributed by atoms with Crippen molar-refractivity contribution in [2.24, 2.45) is 0 Å². The molecular formula is C6H10N2O3. The minimum Gasteiger partial charge on any atom is -0.480 e. The van der Waals surface area contributed by atoms with Gasteiger partial charge in [-0.2, -0.15) is 0 Å². The minimum atomic E-state index is -0.940. The van der Waals surface area contributed by atoms with Crippen molar-refractivity contribution >= 4 is 11.9 Å². The zero-order valence-corrected chi connectivity index (χ0v) is 5.96. The molecule has 0 aliphatic carbocycles. The van der Waals surface area contributed by atoms with Gasteiger partial charge >= 0.3 is 5.97 Å². The van der Waals surface area contributed by atoms with E-state index in [0.29, 0.717) is 13.0 Å². The van der Waals surface area contributed by atoms with Crippen molar-refractivity contribution in [1.82, 2.24) is 10.6 Å². The maximum atomic E-state index is 10.8. The van der Waals surface area contributed by atoms with Crippen LogP contribution in [0.2, 0.25) is 0 Å². The SMILES string of the molecule is O=C(O)CN[C@@H]1CCNC1=O. The number of hydrogen-bond donors (Lipinski definition) is 3. The number of carbonyl (C=O) groups is 2. The molecule has 5 nitrogen and oxygen atoms in total. The number of carboxylic acids is 1. The van der Waals surface area contributed by atoms with E-state index in [9.17, 15) is 9.59 Å². The number of rotatable bonds is 3. The first-order valence-electron chi connectivity index (χ1n) is 3.43. The van der Waals surface area contributed by atoms with Crippen LogP contribution in [-0.2, 0) is 9.59 Å². The summed E-state index contributed by atoms with van der Waals surface area (Å²) in [6.45, 7) is 0.480. The van der Waals surface area contributed by atoms with E-state index in [-0.39, 0.29) is 18.5 Å². The van der Waals surface area contributed by atoms with Crippen molar-refractivity contribution in [1.29, 1.82) is 0 Å². The van der Waals surface area contributed by atoms with Gasteiger partial charge < -0.3 is 10.4 Å². The second kappa shape index (κ2) is 3.34. The van der Waals surface area contributed by atoms with E-state index in [2.05, 4.69) is 10.6 Å². The van der Waals surface area contributed by atoms with Crippen LogP contribution < -0.4 is 10.6 Å². The summed E-state index contributed by atoms with van der Waals surface area (Å²) in [6, 6.07) is -0.314. The van der Waals surface area contributed by atoms with Gasteiger partial charge in [0, 0.05) is 6.54 Å². The molecule has 1 rings (SSSR count). The summed E-state index contributed by atoms with van der Waals surface area (Å²) >= 11 is 0. The number of amides is 1. The molecule has 5 heteroatoms. The van der Waals surface area contributed by atoms with Crippen LogP contribution in [0.3, 0.4) is 0 Å². The van der Waals surface area contributed by atoms with E-state index in [4.69, 9.17) is 5.11 Å². The lowest BCUT2D eigenvalue weighted by atomic mass is 10.2. The van der Waals surface area contributed by atoms with Crippen LogP contribution in [-0.4, -0.2) is 36.1 Å². The Kier molecular flexibility index (Phi) is 2.43. The fourth-order valence-corrected chi connectivity index (χ4v) is 0.999. The molecule has 1 saturated heterocycles. The summed E-state index contributed by atoms with van der Waals surface area (Å²) in [6.07, 6.45) is 0.673. The van der Waals surface area contributed by atoms with Crippen molar-refractivity contribution in [3.05, 3.63) is 0 Å². The summed E-state index contributed by atoms with van der Waals surface area (Å²) in [5.41, 5.74) is 0. The molecule has 1 aliphatic rings. The highest BCUT2D eigenvalue weighted by Crippen LogP contribution is 1.97. The third-order valence-corrected chi connectivity index (χ3v) is 1.55. The molecule has 62 valence electrons. The molecule has 0 radical (unpaired) electrons. The van der Waals surface area contributed by atoms with Crippen LogP contribution in [0.25, 0.3) is 0 Å². The summed E-state index contributed by atoms with van der Waals surface area (Å²) < 4.78 is 0. The summed E-state index contributed by atoms with van der Waals surface area (Å²) in [5, 5.41) is 13.5. The smallest absolute Gasteiger partial charge is 0.317 e. The molecule has 11 heavy (non-hydrogen) atoms. The van der Waals surface area contributed by atoms with E-state index in [1.165, 1.54) is 0 Å². The van der Waals surface area contributed by atoms with Crippen molar-refractivity contribution in [2.75, 3.05) is 13.1 Å². The molecule has 0 unspecified atom stereocenters. The summed E-state index contributed by atoms with van der Waals surface area (Å²) in [5.74, 6) is -1.05. The first-order valence-corrected chi connectivity index (χ1v) is 3.43. The second-order valence-corrected chi connectivity index (χ2v) is 2.41. The standard InChI is InChI=1S/C6H10N2O3/c9-5(10)3-8-4-1-2-7-6(4)11/h4,8H,1-3H2,(H,7,11)(H,9,10)/t4-/m1/s1. The number of aliphatic carboxylic acids is 1. The first kappa shape index (κ1) is 8.00. The molecule has 0 spiro atoms. The fourth-order valence-electron chi connectivity index (χ4n) is 0.999. The number of carbonyl (C=O) groups excluding carboxylic acids is 1. The van der Waals surface area contributed by atoms with Crippen LogP contribution in [0.15, 0.2) is 0 Å². The normalized spacial score (nSPS) is 23.3. The van der Waals surface area contributed by atoms with Crippen molar-refractivity contribution < 1.29 is 14.7 Å². The molecule has 0 aromatic carbocycles. The summed E-state index contributed by atoms with van der Waals surface area (Å²) in [7, 11) is 0. The van der Waals surface area contributed by atoms with Crippen LogP contribution in [0.5, 0.6) is 0 Å². The lowest BCUT2D eigenvalue weighted by Crippen LogP contribution is -2.38. The highest BCUT2D eigenvalue weighted by atomic mass is 16.4. The number of carboxylic acid groups (broad SMARTS) is 1. The Balaban J connectivity index is 2.26. The Morgan fingerprint density at radius 2 is 2.55 bits per heavy atom. The van der Waals surface area contributed by atoms with Crippen molar-refractivity contribution in [3.8, 4) is 0 Å². The molecule has 1 amide bonds. The topological polar surface area (TPSA) is 78.4 Å². The van der Waals surface area contributed by atoms with Crippen molar-refractivity contribution in [2.45, 2.75) is 12.5 Å². The van der Waals surface area contributed by atoms with Crippen LogP contribution >= 0.6 is 0 Å². The second-order valence-electron chi connectivity index (χ2n) is 2.41. The van der Waals surface area contributed by atoms with Gasteiger partial charge in [-0.25, -0.2) is 0 Å². The predicted molar refractivity (Wildman–Crippen MR) is 37.1 cm³/mol. The van der Waals surface area contributed by atoms with Crippen LogP contribution in [0.4, 0.5) is 0 Å². The maximum absolute atomic E-state index is 10.8. The number of nitrogens with one attached hydrogen (secondary N) is 2. The molecule has 1 heterocycles. The van der Waals surface area contributed by atoms with Gasteiger partial charge in [-0.1, -0.05) is 0 Å². The van der Waals surface area contributed by atoms with Gasteiger partial charge in [-0.15, -0.1) is 0 Å². The van der Waals surface area contributed by atoms with Gasteiger partial charge in [-0.05, 0) is 6.42 Å². The minimum absolute atomic E-state index is 0.105. The van der Waals surface area contributed by atoms with E-state index >= 15 is 0 Å². The molecule has 1 atom stereocenters. The largest absolute Gasteiger partial charge is 0.480 e. The van der Waals surface area contributed by atoms with Gasteiger partial charge in [0.1, 0.15) is 0 Å². The molecule has 0 aromatic heterocycles. The molecule has 0 aromatic rings. The molecule has 3 N–H and O–H groups in total. The maximum Gasteiger partial charge on any atom is 0.317 e. The molecular weight excluding hydrogens is 148 g/mol. The van der Waals surface area contributed by atoms with Gasteiger partial charge in [0.05, 0.1) is 12.6 Å². The third kappa shape index (κ3) is 2.19. The third-order valence-electron chi connectivity index (χ3n) is 1.55. The van der Waals surface area contributed by atoms with Crippen LogP contribution in [0, 0.1) is 0 Å². The quantitative estimate of drug-likeness (QED) is 0.469. The Labute approximate surface area is 63.8 Å². The average molecular weight is 158 g/mol. The lowest BCUT2D eigenvalue weighted by Gasteiger charge is -2.05. The Morgan fingerprint density at radius 3 is 3.00 bits per heavy atom. The highest BCUT2D eigenvalue weighted by molar-refractivity contribution is 5.84. The molecule has 1 aliphatic heterocycles. The fraction of sp³-hybridized carbons (Fsp3) is 0.667. The van der Waals surface area contributed by atoms with Gasteiger partial charge in [0.2, 0.25) is 5.91 Å². The van der Waals surface area contributed by atoms with E-state index < -0.39 is 5.97 Å². The lowest BCUT2D eigenvalue weighted by molar-refractivity contribution is -0.136. The predicted octanol–water partition coefficient (Wildman–Crippen LogP) is -1.45. The zero-order valence-electron chi connectivity index (χ0n) is 5.96. The van der Waals surface area contributed by atoms with Gasteiger partial charge in [-0.3, -0.25) is 14.9 Å². The monoisotopic (exact) mass is 158 g/mol. The Bertz CT molecular complexity index is 181. The van der Waals surface area contributed by atoms with Gasteiger partial charge in [0.25, 0.3) is 0 Å². The van der Waals surface area contributed by atoms with Crippen LogP contribution in [0.1, 0.15) is 6.42 Å². The van der Waals surface area contributed by atoms with E-state index in [0.717, 1.165) is 0 Å². The first-order chi connectivity index (χ1) is 5.20. The summed E-state index contributed by atoms with van der Waals surface area (Å²) in [4.78, 5) is 20.9. The zero-order chi connectivity index (χ0) is 8.27. The molecule has 1 fully saturated rings. The molecule has 0 bridgehead atoms. The van der Waals surface area contributed by atoms with Gasteiger partial charge in [0.15, 0.2) is 0 Å². The van der Waals surface area contributed by atoms with E-state index in [1.807, 2.05) is 0 Å². The average Bonchev–Trinajstić information content (AvgIpc) is 2.31. The Morgan fingerprint density at radius 1 is 1.82 bits per heavy atom.